The molecule has 4 aromatic carbocycles. The molecule has 0 spiro atoms. The molecule has 242 valence electrons. The summed E-state index contributed by atoms with van der Waals surface area (Å²) >= 11 is 1.36. The van der Waals surface area contributed by atoms with Crippen molar-refractivity contribution in [2.24, 2.45) is 0 Å². The lowest BCUT2D eigenvalue weighted by Crippen LogP contribution is -2.35. The summed E-state index contributed by atoms with van der Waals surface area (Å²) in [6.45, 7) is 1.91. The van der Waals surface area contributed by atoms with E-state index < -0.39 is 12.2 Å². The van der Waals surface area contributed by atoms with Crippen molar-refractivity contribution in [1.29, 1.82) is 0 Å². The third kappa shape index (κ3) is 10.6. The van der Waals surface area contributed by atoms with Crippen LogP contribution in [0.2, 0.25) is 0 Å². The van der Waals surface area contributed by atoms with Crippen LogP contribution in [-0.2, 0) is 37.6 Å². The molecule has 1 N–H and O–H groups in total. The van der Waals surface area contributed by atoms with Crippen molar-refractivity contribution in [3.8, 4) is 11.6 Å². The van der Waals surface area contributed by atoms with E-state index in [9.17, 15) is 14.7 Å². The molecule has 10 heteroatoms. The maximum atomic E-state index is 13.5. The zero-order chi connectivity index (χ0) is 32.7. The van der Waals surface area contributed by atoms with E-state index in [0.717, 1.165) is 28.0 Å². The number of hydrogen-bond donors (Lipinski definition) is 1. The normalized spacial score (nSPS) is 10.6. The number of thiazole rings is 1. The molecule has 0 aliphatic rings. The average molecular weight is 652 g/mol. The maximum Gasteiger partial charge on any atom is 0.410 e. The molecule has 0 aliphatic heterocycles. The molecule has 0 fully saturated rings. The van der Waals surface area contributed by atoms with Crippen LogP contribution >= 0.6 is 11.3 Å². The zero-order valence-corrected chi connectivity index (χ0v) is 26.8. The second kappa shape index (κ2) is 17.4. The lowest BCUT2D eigenvalue weighted by atomic mass is 10.2. The van der Waals surface area contributed by atoms with Crippen molar-refractivity contribution in [3.63, 3.8) is 0 Å². The molecule has 0 saturated carbocycles. The molecule has 5 aromatic rings. The van der Waals surface area contributed by atoms with E-state index in [1.165, 1.54) is 16.2 Å². The highest BCUT2D eigenvalue weighted by Gasteiger charge is 2.20. The highest BCUT2D eigenvalue weighted by atomic mass is 32.1. The number of hydrogen-bond acceptors (Lipinski definition) is 7. The van der Waals surface area contributed by atoms with Gasteiger partial charge in [-0.1, -0.05) is 103 Å². The molecule has 0 bridgehead atoms. The van der Waals surface area contributed by atoms with Crippen LogP contribution in [0.3, 0.4) is 0 Å². The average Bonchev–Trinajstić information content (AvgIpc) is 3.57. The Balaban J connectivity index is 1.20. The molecular weight excluding hydrogens is 614 g/mol. The van der Waals surface area contributed by atoms with Crippen molar-refractivity contribution in [3.05, 3.63) is 148 Å². The standard InChI is InChI=1S/C37H37N3O6S/c41-36(42)39(23-29-11-4-1-5-12-29)21-10-22-40(24-30-17-19-33(20-18-30)44-25-31-13-6-2-7-14-31)37(43)46-27-34-35(38-28-47-34)45-26-32-15-8-3-9-16-32/h1-9,11-20,28H,10,21-27H2,(H,41,42). The third-order valence-corrected chi connectivity index (χ3v) is 8.08. The largest absolute Gasteiger partial charge is 0.489 e. The third-order valence-electron chi connectivity index (χ3n) is 7.29. The first-order valence-corrected chi connectivity index (χ1v) is 16.2. The van der Waals surface area contributed by atoms with Gasteiger partial charge in [-0.05, 0) is 40.8 Å². The Morgan fingerprint density at radius 1 is 0.638 bits per heavy atom. The van der Waals surface area contributed by atoms with Crippen LogP contribution in [0.15, 0.2) is 121 Å². The minimum atomic E-state index is -1.01. The van der Waals surface area contributed by atoms with Crippen molar-refractivity contribution in [2.45, 2.75) is 39.3 Å². The first-order valence-electron chi connectivity index (χ1n) is 15.3. The van der Waals surface area contributed by atoms with Gasteiger partial charge >= 0.3 is 12.2 Å². The minimum Gasteiger partial charge on any atom is -0.489 e. The highest BCUT2D eigenvalue weighted by Crippen LogP contribution is 2.24. The van der Waals surface area contributed by atoms with Crippen LogP contribution in [0.1, 0.15) is 33.6 Å². The quantitative estimate of drug-likeness (QED) is 0.115. The van der Waals surface area contributed by atoms with E-state index in [-0.39, 0.29) is 26.2 Å². The van der Waals surface area contributed by atoms with Gasteiger partial charge in [-0.25, -0.2) is 14.6 Å². The summed E-state index contributed by atoms with van der Waals surface area (Å²) in [6, 6.07) is 36.7. The number of nitrogens with zero attached hydrogens (tertiary/aromatic N) is 3. The van der Waals surface area contributed by atoms with Gasteiger partial charge in [0.05, 0.1) is 5.51 Å². The molecule has 0 aliphatic carbocycles. The Morgan fingerprint density at radius 2 is 1.17 bits per heavy atom. The summed E-state index contributed by atoms with van der Waals surface area (Å²) < 4.78 is 17.6. The first kappa shape index (κ1) is 33.0. The number of rotatable bonds is 16. The fourth-order valence-corrected chi connectivity index (χ4v) is 5.42. The summed E-state index contributed by atoms with van der Waals surface area (Å²) in [5.41, 5.74) is 5.53. The van der Waals surface area contributed by atoms with Crippen molar-refractivity contribution in [2.75, 3.05) is 13.1 Å². The Morgan fingerprint density at radius 3 is 1.79 bits per heavy atom. The molecule has 1 aromatic heterocycles. The van der Waals surface area contributed by atoms with Gasteiger partial charge in [0, 0.05) is 26.2 Å². The van der Waals surface area contributed by atoms with Crippen LogP contribution in [0.25, 0.3) is 0 Å². The van der Waals surface area contributed by atoms with Crippen LogP contribution in [0.5, 0.6) is 11.6 Å². The van der Waals surface area contributed by atoms with Crippen LogP contribution in [0.4, 0.5) is 9.59 Å². The molecule has 0 radical (unpaired) electrons. The summed E-state index contributed by atoms with van der Waals surface area (Å²) in [7, 11) is 0. The van der Waals surface area contributed by atoms with E-state index in [1.54, 1.807) is 10.4 Å². The van der Waals surface area contributed by atoms with E-state index in [0.29, 0.717) is 36.9 Å². The Labute approximate surface area is 278 Å². The lowest BCUT2D eigenvalue weighted by molar-refractivity contribution is 0.0910. The number of aromatic nitrogens is 1. The van der Waals surface area contributed by atoms with Crippen molar-refractivity contribution >= 4 is 23.5 Å². The second-order valence-electron chi connectivity index (χ2n) is 10.8. The van der Waals surface area contributed by atoms with Gasteiger partial charge < -0.3 is 29.1 Å². The number of carbonyl (C=O) groups excluding carboxylic acids is 1. The van der Waals surface area contributed by atoms with E-state index in [4.69, 9.17) is 14.2 Å². The molecule has 0 saturated heterocycles. The maximum absolute atomic E-state index is 13.5. The summed E-state index contributed by atoms with van der Waals surface area (Å²) in [5, 5.41) is 9.81. The molecule has 47 heavy (non-hydrogen) atoms. The number of benzene rings is 4. The summed E-state index contributed by atoms with van der Waals surface area (Å²) in [4.78, 5) is 33.4. The number of carboxylic acid groups (broad SMARTS) is 1. The number of carbonyl (C=O) groups is 2. The number of amides is 2. The Kier molecular flexibility index (Phi) is 12.2. The topological polar surface area (TPSA) is 101 Å². The molecule has 2 amide bonds. The molecule has 1 heterocycles. The summed E-state index contributed by atoms with van der Waals surface area (Å²) in [5.74, 6) is 1.15. The fourth-order valence-electron chi connectivity index (χ4n) is 4.80. The van der Waals surface area contributed by atoms with Gasteiger partial charge in [0.15, 0.2) is 0 Å². The van der Waals surface area contributed by atoms with E-state index in [1.807, 2.05) is 115 Å². The monoisotopic (exact) mass is 651 g/mol. The molecule has 0 atom stereocenters. The van der Waals surface area contributed by atoms with Gasteiger partial charge in [-0.2, -0.15) is 0 Å². The van der Waals surface area contributed by atoms with Crippen molar-refractivity contribution < 1.29 is 28.9 Å². The van der Waals surface area contributed by atoms with E-state index >= 15 is 0 Å². The fraction of sp³-hybridized carbons (Fsp3) is 0.216. The molecule has 9 nitrogen and oxygen atoms in total. The van der Waals surface area contributed by atoms with Gasteiger partial charge in [-0.3, -0.25) is 0 Å². The predicted octanol–water partition coefficient (Wildman–Crippen LogP) is 8.01. The minimum absolute atomic E-state index is 0.00560. The molecular formula is C37H37N3O6S. The van der Waals surface area contributed by atoms with Gasteiger partial charge in [0.1, 0.15) is 30.4 Å². The smallest absolute Gasteiger partial charge is 0.410 e. The first-order chi connectivity index (χ1) is 23.0. The predicted molar refractivity (Wildman–Crippen MR) is 180 cm³/mol. The highest BCUT2D eigenvalue weighted by molar-refractivity contribution is 7.09. The van der Waals surface area contributed by atoms with Gasteiger partial charge in [-0.15, -0.1) is 11.3 Å². The number of ether oxygens (including phenoxy) is 3. The van der Waals surface area contributed by atoms with Crippen LogP contribution in [-0.4, -0.2) is 45.2 Å². The van der Waals surface area contributed by atoms with Crippen LogP contribution < -0.4 is 9.47 Å². The van der Waals surface area contributed by atoms with E-state index in [2.05, 4.69) is 4.98 Å². The zero-order valence-electron chi connectivity index (χ0n) is 25.9. The Bertz CT molecular complexity index is 1670. The van der Waals surface area contributed by atoms with Crippen LogP contribution in [0, 0.1) is 0 Å². The van der Waals surface area contributed by atoms with Crippen molar-refractivity contribution in [1.82, 2.24) is 14.8 Å². The summed E-state index contributed by atoms with van der Waals surface area (Å²) in [6.07, 6.45) is -1.09. The molecule has 0 unspecified atom stereocenters. The van der Waals surface area contributed by atoms with Gasteiger partial charge in [0.2, 0.25) is 5.88 Å². The Hall–Kier alpha value is -5.35. The second-order valence-corrected chi connectivity index (χ2v) is 11.7. The lowest BCUT2D eigenvalue weighted by Gasteiger charge is -2.25. The SMILES string of the molecule is O=C(O)N(CCCN(Cc1ccc(OCc2ccccc2)cc1)C(=O)OCc1scnc1OCc1ccccc1)Cc1ccccc1. The molecule has 5 rings (SSSR count). The van der Waals surface area contributed by atoms with Gasteiger partial charge in [0.25, 0.3) is 0 Å².